The van der Waals surface area contributed by atoms with Gasteiger partial charge in [0.05, 0.1) is 5.56 Å². The van der Waals surface area contributed by atoms with Crippen LogP contribution in [0.3, 0.4) is 0 Å². The van der Waals surface area contributed by atoms with Crippen LogP contribution in [0.25, 0.3) is 0 Å². The third kappa shape index (κ3) is 7.18. The number of amides is 1. The smallest absolute Gasteiger partial charge is 0.326 e. The molecule has 0 radical (unpaired) electrons. The van der Waals surface area contributed by atoms with Crippen molar-refractivity contribution in [2.75, 3.05) is 25.0 Å². The summed E-state index contributed by atoms with van der Waals surface area (Å²) in [5.41, 5.74) is 1.27. The highest BCUT2D eigenvalue weighted by Crippen LogP contribution is 2.32. The fourth-order valence-electron chi connectivity index (χ4n) is 3.04. The van der Waals surface area contributed by atoms with Crippen LogP contribution in [-0.2, 0) is 23.8 Å². The number of carbonyl (C=O) groups is 1. The Balaban J connectivity index is 1.91. The third-order valence-corrected chi connectivity index (χ3v) is 5.63. The molecule has 0 aliphatic carbocycles. The van der Waals surface area contributed by atoms with Gasteiger partial charge < -0.3 is 10.2 Å². The highest BCUT2D eigenvalue weighted by Gasteiger charge is 2.30. The Bertz CT molecular complexity index is 868. The molecule has 0 saturated heterocycles. The molecule has 0 heterocycles. The number of carbonyl (C=O) groups excluding carboxylic acids is 1. The molecule has 1 amide bonds. The van der Waals surface area contributed by atoms with Crippen LogP contribution in [0, 0.1) is 0 Å². The second-order valence-corrected chi connectivity index (χ2v) is 7.75. The van der Waals surface area contributed by atoms with E-state index in [1.165, 1.54) is 6.07 Å². The number of aryl methyl sites for hydroxylation is 1. The van der Waals surface area contributed by atoms with E-state index in [4.69, 9.17) is 23.2 Å². The maximum absolute atomic E-state index is 12.7. The molecule has 0 aliphatic heterocycles. The number of hydrogen-bond acceptors (Lipinski definition) is 2. The van der Waals surface area contributed by atoms with E-state index in [2.05, 4.69) is 24.1 Å². The summed E-state index contributed by atoms with van der Waals surface area (Å²) in [4.78, 5) is 14.5. The van der Waals surface area contributed by atoms with E-state index < -0.39 is 11.7 Å². The minimum Gasteiger partial charge on any atom is -0.326 e. The molecular weight excluding hydrogens is 436 g/mol. The van der Waals surface area contributed by atoms with Gasteiger partial charge in [-0.05, 0) is 61.3 Å². The topological polar surface area (TPSA) is 32.3 Å². The second-order valence-electron chi connectivity index (χ2n) is 6.94. The van der Waals surface area contributed by atoms with Gasteiger partial charge in [0.25, 0.3) is 0 Å². The minimum atomic E-state index is -4.45. The standard InChI is InChI=1S/C22H25Cl2F3N2O/c1-3-29(4-2)12-11-16-6-9-18(14-20(16)24)28-21(30)10-7-15-5-8-17(13-19(15)23)22(25,26)27/h5-6,8-9,13-14H,3-4,7,10-12H2,1-2H3,(H,28,30). The maximum atomic E-state index is 12.7. The number of benzene rings is 2. The Morgan fingerprint density at radius 3 is 2.13 bits per heavy atom. The van der Waals surface area contributed by atoms with Crippen LogP contribution < -0.4 is 5.32 Å². The molecule has 1 N–H and O–H groups in total. The lowest BCUT2D eigenvalue weighted by molar-refractivity contribution is -0.137. The molecule has 3 nitrogen and oxygen atoms in total. The molecule has 0 fully saturated rings. The first kappa shape index (κ1) is 24.5. The van der Waals surface area contributed by atoms with Crippen molar-refractivity contribution in [3.8, 4) is 0 Å². The molecule has 0 aliphatic rings. The van der Waals surface area contributed by atoms with Crippen molar-refractivity contribution in [3.63, 3.8) is 0 Å². The molecule has 0 bridgehead atoms. The predicted octanol–water partition coefficient (Wildman–Crippen LogP) is 6.47. The molecule has 0 atom stereocenters. The summed E-state index contributed by atoms with van der Waals surface area (Å²) in [6.07, 6.45) is -3.30. The summed E-state index contributed by atoms with van der Waals surface area (Å²) in [6, 6.07) is 8.56. The molecule has 2 rings (SSSR count). The molecule has 0 unspecified atom stereocenters. The van der Waals surface area contributed by atoms with Gasteiger partial charge in [-0.2, -0.15) is 13.2 Å². The van der Waals surface area contributed by atoms with E-state index >= 15 is 0 Å². The summed E-state index contributed by atoms with van der Waals surface area (Å²) < 4.78 is 38.1. The number of likely N-dealkylation sites (N-methyl/N-ethyl adjacent to an activating group) is 1. The SMILES string of the molecule is CCN(CC)CCc1ccc(NC(=O)CCc2ccc(C(F)(F)F)cc2Cl)cc1Cl. The van der Waals surface area contributed by atoms with Gasteiger partial charge in [0.2, 0.25) is 5.91 Å². The molecule has 2 aromatic rings. The van der Waals surface area contributed by atoms with Gasteiger partial charge in [0.15, 0.2) is 0 Å². The lowest BCUT2D eigenvalue weighted by Crippen LogP contribution is -2.25. The first-order valence-electron chi connectivity index (χ1n) is 9.80. The van der Waals surface area contributed by atoms with Crippen molar-refractivity contribution in [3.05, 3.63) is 63.1 Å². The predicted molar refractivity (Wildman–Crippen MR) is 116 cm³/mol. The summed E-state index contributed by atoms with van der Waals surface area (Å²) >= 11 is 12.3. The van der Waals surface area contributed by atoms with E-state index in [-0.39, 0.29) is 23.8 Å². The largest absolute Gasteiger partial charge is 0.416 e. The lowest BCUT2D eigenvalue weighted by atomic mass is 10.1. The maximum Gasteiger partial charge on any atom is 0.416 e. The van der Waals surface area contributed by atoms with Crippen LogP contribution in [0.4, 0.5) is 18.9 Å². The van der Waals surface area contributed by atoms with Crippen molar-refractivity contribution >= 4 is 34.8 Å². The molecule has 30 heavy (non-hydrogen) atoms. The summed E-state index contributed by atoms with van der Waals surface area (Å²) in [5.74, 6) is -0.266. The molecule has 2 aromatic carbocycles. The van der Waals surface area contributed by atoms with Gasteiger partial charge in [0.1, 0.15) is 0 Å². The highest BCUT2D eigenvalue weighted by molar-refractivity contribution is 6.32. The fourth-order valence-corrected chi connectivity index (χ4v) is 3.59. The first-order chi connectivity index (χ1) is 14.1. The van der Waals surface area contributed by atoms with E-state index in [9.17, 15) is 18.0 Å². The molecule has 164 valence electrons. The number of nitrogens with one attached hydrogen (secondary N) is 1. The normalized spacial score (nSPS) is 11.7. The highest BCUT2D eigenvalue weighted by atomic mass is 35.5. The van der Waals surface area contributed by atoms with Gasteiger partial charge in [-0.3, -0.25) is 4.79 Å². The molecule has 0 saturated carbocycles. The summed E-state index contributed by atoms with van der Waals surface area (Å²) in [6.45, 7) is 7.09. The lowest BCUT2D eigenvalue weighted by Gasteiger charge is -2.18. The van der Waals surface area contributed by atoms with E-state index in [0.717, 1.165) is 43.8 Å². The van der Waals surface area contributed by atoms with Crippen LogP contribution in [0.2, 0.25) is 10.0 Å². The first-order valence-corrected chi connectivity index (χ1v) is 10.6. The Labute approximate surface area is 185 Å². The molecular formula is C22H25Cl2F3N2O. The third-order valence-electron chi connectivity index (χ3n) is 4.93. The monoisotopic (exact) mass is 460 g/mol. The van der Waals surface area contributed by atoms with Gasteiger partial charge in [-0.1, -0.05) is 49.2 Å². The molecule has 8 heteroatoms. The van der Waals surface area contributed by atoms with E-state index in [0.29, 0.717) is 16.3 Å². The van der Waals surface area contributed by atoms with Crippen molar-refractivity contribution in [1.29, 1.82) is 0 Å². The number of alkyl halides is 3. The Morgan fingerprint density at radius 2 is 1.57 bits per heavy atom. The van der Waals surface area contributed by atoms with Crippen LogP contribution in [0.15, 0.2) is 36.4 Å². The fraction of sp³-hybridized carbons (Fsp3) is 0.409. The van der Waals surface area contributed by atoms with Gasteiger partial charge in [-0.25, -0.2) is 0 Å². The van der Waals surface area contributed by atoms with Crippen LogP contribution >= 0.6 is 23.2 Å². The number of halogens is 5. The number of nitrogens with zero attached hydrogens (tertiary/aromatic N) is 1. The van der Waals surface area contributed by atoms with Crippen LogP contribution in [0.5, 0.6) is 0 Å². The van der Waals surface area contributed by atoms with E-state index in [1.807, 2.05) is 6.07 Å². The summed E-state index contributed by atoms with van der Waals surface area (Å²) in [7, 11) is 0. The Kier molecular flexibility index (Phi) is 9.01. The zero-order valence-electron chi connectivity index (χ0n) is 17.0. The Hall–Kier alpha value is -1.76. The van der Waals surface area contributed by atoms with Crippen molar-refractivity contribution in [1.82, 2.24) is 4.90 Å². The van der Waals surface area contributed by atoms with Gasteiger partial charge >= 0.3 is 6.18 Å². The minimum absolute atomic E-state index is 0.00164. The number of anilines is 1. The second kappa shape index (κ2) is 11.0. The van der Waals surface area contributed by atoms with Crippen LogP contribution in [-0.4, -0.2) is 30.4 Å². The van der Waals surface area contributed by atoms with E-state index in [1.54, 1.807) is 12.1 Å². The van der Waals surface area contributed by atoms with Crippen LogP contribution in [0.1, 0.15) is 37.0 Å². The average molecular weight is 461 g/mol. The molecule has 0 aromatic heterocycles. The van der Waals surface area contributed by atoms with Gasteiger partial charge in [0, 0.05) is 28.7 Å². The molecule has 0 spiro atoms. The number of hydrogen-bond donors (Lipinski definition) is 1. The van der Waals surface area contributed by atoms with Gasteiger partial charge in [-0.15, -0.1) is 0 Å². The zero-order chi connectivity index (χ0) is 22.3. The summed E-state index contributed by atoms with van der Waals surface area (Å²) in [5, 5.41) is 3.35. The quantitative estimate of drug-likeness (QED) is 0.465. The van der Waals surface area contributed by atoms with Crippen molar-refractivity contribution in [2.24, 2.45) is 0 Å². The number of rotatable bonds is 9. The van der Waals surface area contributed by atoms with Crippen molar-refractivity contribution in [2.45, 2.75) is 39.3 Å². The average Bonchev–Trinajstić information content (AvgIpc) is 2.68. The Morgan fingerprint density at radius 1 is 0.967 bits per heavy atom. The van der Waals surface area contributed by atoms with Crippen molar-refractivity contribution < 1.29 is 18.0 Å². The zero-order valence-corrected chi connectivity index (χ0v) is 18.5.